The van der Waals surface area contributed by atoms with Crippen molar-refractivity contribution in [1.29, 1.82) is 0 Å². The van der Waals surface area contributed by atoms with E-state index in [1.54, 1.807) is 28.0 Å². The molecule has 1 N–H and O–H groups in total. The molecule has 2 aromatic heterocycles. The molecule has 0 aliphatic carbocycles. The monoisotopic (exact) mass is 361 g/mol. The van der Waals surface area contributed by atoms with Gasteiger partial charge >= 0.3 is 0 Å². The number of anilines is 1. The molecule has 1 saturated heterocycles. The van der Waals surface area contributed by atoms with Crippen LogP contribution in [0.1, 0.15) is 6.42 Å². The average Bonchev–Trinajstić information content (AvgIpc) is 3.20. The van der Waals surface area contributed by atoms with E-state index >= 15 is 0 Å². The highest BCUT2D eigenvalue weighted by molar-refractivity contribution is 7.20. The van der Waals surface area contributed by atoms with Gasteiger partial charge in [-0.3, -0.25) is 4.90 Å². The van der Waals surface area contributed by atoms with Crippen LogP contribution in [-0.4, -0.2) is 63.9 Å². The number of nitrogens with zero attached hydrogens (tertiary/aromatic N) is 5. The Kier molecular flexibility index (Phi) is 4.65. The molecule has 3 aromatic rings. The molecule has 3 heterocycles. The normalized spacial score (nSPS) is 16.0. The van der Waals surface area contributed by atoms with Crippen LogP contribution in [0.15, 0.2) is 30.5 Å². The van der Waals surface area contributed by atoms with Gasteiger partial charge in [0.1, 0.15) is 5.82 Å². The lowest BCUT2D eigenvalue weighted by atomic mass is 10.2. The summed E-state index contributed by atoms with van der Waals surface area (Å²) in [5.74, 6) is -0.247. The number of halogens is 1. The van der Waals surface area contributed by atoms with E-state index < -0.39 is 0 Å². The van der Waals surface area contributed by atoms with Crippen LogP contribution in [0.2, 0.25) is 0 Å². The van der Waals surface area contributed by atoms with Crippen LogP contribution in [0.5, 0.6) is 0 Å². The highest BCUT2D eigenvalue weighted by atomic mass is 32.1. The van der Waals surface area contributed by atoms with E-state index in [4.69, 9.17) is 5.11 Å². The van der Waals surface area contributed by atoms with Crippen LogP contribution in [0, 0.1) is 5.82 Å². The van der Waals surface area contributed by atoms with E-state index in [-0.39, 0.29) is 12.4 Å². The van der Waals surface area contributed by atoms with Gasteiger partial charge in [0.25, 0.3) is 0 Å². The Balaban J connectivity index is 1.46. The molecule has 0 amide bonds. The van der Waals surface area contributed by atoms with Crippen LogP contribution >= 0.6 is 11.3 Å². The molecule has 8 heteroatoms. The van der Waals surface area contributed by atoms with Crippen LogP contribution in [0.4, 0.5) is 9.52 Å². The Labute approximate surface area is 149 Å². The standard InChI is InChI=1S/C17H20FN5OS/c18-14-4-2-13(3-5-14)15-12-23-16(19-15)25-17(20-23)22-9-7-21(8-10-22)6-1-11-24/h2-5,12,24H,1,6-11H2. The molecule has 1 fully saturated rings. The molecule has 0 unspecified atom stereocenters. The zero-order valence-corrected chi connectivity index (χ0v) is 14.6. The Morgan fingerprint density at radius 2 is 1.88 bits per heavy atom. The molecule has 132 valence electrons. The number of aliphatic hydroxyl groups is 1. The number of rotatable bonds is 5. The van der Waals surface area contributed by atoms with E-state index in [0.29, 0.717) is 0 Å². The first kappa shape index (κ1) is 16.4. The number of aromatic nitrogens is 3. The van der Waals surface area contributed by atoms with Crippen LogP contribution in [0.25, 0.3) is 16.2 Å². The van der Waals surface area contributed by atoms with Gasteiger partial charge in [-0.1, -0.05) is 11.3 Å². The fourth-order valence-corrected chi connectivity index (χ4v) is 3.97. The molecule has 0 bridgehead atoms. The summed E-state index contributed by atoms with van der Waals surface area (Å²) in [7, 11) is 0. The molecule has 1 aromatic carbocycles. The van der Waals surface area contributed by atoms with Gasteiger partial charge in [0.15, 0.2) is 0 Å². The predicted octanol–water partition coefficient (Wildman–Crippen LogP) is 2.10. The van der Waals surface area contributed by atoms with Crippen molar-refractivity contribution < 1.29 is 9.50 Å². The Hall–Kier alpha value is -2.03. The molecular weight excluding hydrogens is 341 g/mol. The molecule has 1 aliphatic heterocycles. The lowest BCUT2D eigenvalue weighted by Crippen LogP contribution is -2.46. The van der Waals surface area contributed by atoms with Crippen molar-refractivity contribution >= 4 is 21.4 Å². The molecule has 25 heavy (non-hydrogen) atoms. The van der Waals surface area contributed by atoms with E-state index in [1.165, 1.54) is 12.1 Å². The third kappa shape index (κ3) is 3.51. The Morgan fingerprint density at radius 3 is 2.56 bits per heavy atom. The summed E-state index contributed by atoms with van der Waals surface area (Å²) in [6.45, 7) is 5.05. The summed E-state index contributed by atoms with van der Waals surface area (Å²) in [4.78, 5) is 10.1. The summed E-state index contributed by atoms with van der Waals surface area (Å²) < 4.78 is 14.8. The van der Waals surface area contributed by atoms with Crippen molar-refractivity contribution in [1.82, 2.24) is 19.5 Å². The van der Waals surface area contributed by atoms with Crippen molar-refractivity contribution in [2.45, 2.75) is 6.42 Å². The SMILES string of the molecule is OCCCN1CCN(c2nn3cc(-c4ccc(F)cc4)nc3s2)CC1. The third-order valence-electron chi connectivity index (χ3n) is 4.45. The summed E-state index contributed by atoms with van der Waals surface area (Å²) in [6, 6.07) is 6.35. The summed E-state index contributed by atoms with van der Waals surface area (Å²) in [6.07, 6.45) is 2.72. The number of hydrogen-bond acceptors (Lipinski definition) is 6. The van der Waals surface area contributed by atoms with Crippen LogP contribution < -0.4 is 4.90 Å². The van der Waals surface area contributed by atoms with Crippen molar-refractivity contribution in [2.24, 2.45) is 0 Å². The first-order valence-electron chi connectivity index (χ1n) is 8.43. The summed E-state index contributed by atoms with van der Waals surface area (Å²) in [5.41, 5.74) is 1.69. The average molecular weight is 361 g/mol. The highest BCUT2D eigenvalue weighted by Gasteiger charge is 2.20. The van der Waals surface area contributed by atoms with Gasteiger partial charge in [0, 0.05) is 44.9 Å². The van der Waals surface area contributed by atoms with Crippen molar-refractivity contribution in [3.8, 4) is 11.3 Å². The topological polar surface area (TPSA) is 56.9 Å². The maximum absolute atomic E-state index is 13.0. The molecule has 0 spiro atoms. The second-order valence-corrected chi connectivity index (χ2v) is 7.09. The van der Waals surface area contributed by atoms with Crippen molar-refractivity contribution in [2.75, 3.05) is 44.2 Å². The van der Waals surface area contributed by atoms with Crippen molar-refractivity contribution in [3.05, 3.63) is 36.3 Å². The fraction of sp³-hybridized carbons (Fsp3) is 0.412. The lowest BCUT2D eigenvalue weighted by Gasteiger charge is -2.34. The predicted molar refractivity (Wildman–Crippen MR) is 96.6 cm³/mol. The third-order valence-corrected chi connectivity index (χ3v) is 5.43. The smallest absolute Gasteiger partial charge is 0.214 e. The number of benzene rings is 1. The van der Waals surface area contributed by atoms with Gasteiger partial charge in [-0.05, 0) is 30.7 Å². The highest BCUT2D eigenvalue weighted by Crippen LogP contribution is 2.27. The van der Waals surface area contributed by atoms with Crippen LogP contribution in [-0.2, 0) is 0 Å². The quantitative estimate of drug-likeness (QED) is 0.754. The minimum atomic E-state index is -0.247. The van der Waals surface area contributed by atoms with E-state index in [9.17, 15) is 4.39 Å². The van der Waals surface area contributed by atoms with Gasteiger partial charge in [0.05, 0.1) is 11.9 Å². The zero-order chi connectivity index (χ0) is 17.2. The molecule has 0 atom stereocenters. The maximum atomic E-state index is 13.0. The number of imidazole rings is 1. The lowest BCUT2D eigenvalue weighted by molar-refractivity contribution is 0.216. The molecule has 1 aliphatic rings. The minimum Gasteiger partial charge on any atom is -0.396 e. The molecule has 0 saturated carbocycles. The number of hydrogen-bond donors (Lipinski definition) is 1. The minimum absolute atomic E-state index is 0.247. The molecule has 4 rings (SSSR count). The van der Waals surface area contributed by atoms with E-state index in [1.807, 2.05) is 6.20 Å². The van der Waals surface area contributed by atoms with Gasteiger partial charge in [-0.15, -0.1) is 5.10 Å². The Bertz CT molecular complexity index is 807. The number of aliphatic hydroxyl groups excluding tert-OH is 1. The largest absolute Gasteiger partial charge is 0.396 e. The van der Waals surface area contributed by atoms with Gasteiger partial charge < -0.3 is 10.0 Å². The fourth-order valence-electron chi connectivity index (χ4n) is 3.03. The van der Waals surface area contributed by atoms with Crippen LogP contribution in [0.3, 0.4) is 0 Å². The van der Waals surface area contributed by atoms with Gasteiger partial charge in [-0.25, -0.2) is 13.9 Å². The second kappa shape index (κ2) is 7.07. The number of fused-ring (bicyclic) bond motifs is 1. The number of piperazine rings is 1. The molecule has 0 radical (unpaired) electrons. The van der Waals surface area contributed by atoms with Gasteiger partial charge in [-0.2, -0.15) is 0 Å². The molecular formula is C17H20FN5OS. The zero-order valence-electron chi connectivity index (χ0n) is 13.8. The second-order valence-electron chi connectivity index (χ2n) is 6.15. The van der Waals surface area contributed by atoms with Crippen molar-refractivity contribution in [3.63, 3.8) is 0 Å². The first-order chi connectivity index (χ1) is 12.2. The summed E-state index contributed by atoms with van der Waals surface area (Å²) >= 11 is 1.58. The molecule has 6 nitrogen and oxygen atoms in total. The maximum Gasteiger partial charge on any atom is 0.214 e. The van der Waals surface area contributed by atoms with Gasteiger partial charge in [0.2, 0.25) is 10.1 Å². The summed E-state index contributed by atoms with van der Waals surface area (Å²) in [5, 5.41) is 14.6. The first-order valence-corrected chi connectivity index (χ1v) is 9.25. The Morgan fingerprint density at radius 1 is 1.12 bits per heavy atom. The van der Waals surface area contributed by atoms with E-state index in [2.05, 4.69) is 19.9 Å². The van der Waals surface area contributed by atoms with E-state index in [0.717, 1.165) is 60.5 Å².